The number of nitrogens with zero attached hydrogens (tertiary/aromatic N) is 1. The highest BCUT2D eigenvalue weighted by Crippen LogP contribution is 2.26. The third-order valence-corrected chi connectivity index (χ3v) is 4.86. The maximum atomic E-state index is 12.3. The van der Waals surface area contributed by atoms with Gasteiger partial charge in [0.1, 0.15) is 5.82 Å². The van der Waals surface area contributed by atoms with Gasteiger partial charge in [0.25, 0.3) is 5.91 Å². The minimum atomic E-state index is -0.282. The predicted octanol–water partition coefficient (Wildman–Crippen LogP) is 5.21. The summed E-state index contributed by atoms with van der Waals surface area (Å²) < 4.78 is 5.91. The number of hydrogen-bond acceptors (Lipinski definition) is 4. The summed E-state index contributed by atoms with van der Waals surface area (Å²) in [4.78, 5) is 21.3. The summed E-state index contributed by atoms with van der Waals surface area (Å²) in [5.74, 6) is 0.843. The second kappa shape index (κ2) is 5.92. The number of aromatic nitrogens is 2. The number of fused-ring (bicyclic) bond motifs is 1. The zero-order chi connectivity index (χ0) is 16.7. The average molecular weight is 402 g/mol. The molecule has 4 rings (SSSR count). The Labute approximate surface area is 149 Å². The molecule has 0 spiro atoms. The molecule has 0 unspecified atom stereocenters. The van der Waals surface area contributed by atoms with E-state index in [0.717, 1.165) is 27.3 Å². The highest BCUT2D eigenvalue weighted by Gasteiger charge is 2.15. The number of aromatic amines is 1. The number of hydrogen-bond donors (Lipinski definition) is 2. The molecule has 24 heavy (non-hydrogen) atoms. The molecular formula is C17H12BrN3O2S. The average Bonchev–Trinajstić information content (AvgIpc) is 3.25. The van der Waals surface area contributed by atoms with Gasteiger partial charge in [-0.1, -0.05) is 6.07 Å². The summed E-state index contributed by atoms with van der Waals surface area (Å²) in [5.41, 5.74) is 3.18. The number of furan rings is 1. The first-order valence-electron chi connectivity index (χ1n) is 7.21. The lowest BCUT2D eigenvalue weighted by atomic mass is 10.2. The number of H-pyrrole nitrogens is 1. The fourth-order valence-corrected chi connectivity index (χ4v) is 3.65. The van der Waals surface area contributed by atoms with Crippen LogP contribution in [0.15, 0.2) is 50.9 Å². The highest BCUT2D eigenvalue weighted by molar-refractivity contribution is 9.10. The quantitative estimate of drug-likeness (QED) is 0.494. The molecule has 0 aliphatic carbocycles. The molecule has 2 N–H and O–H groups in total. The van der Waals surface area contributed by atoms with Crippen LogP contribution in [0.3, 0.4) is 0 Å². The molecule has 1 aromatic carbocycles. The normalized spacial score (nSPS) is 11.1. The van der Waals surface area contributed by atoms with Gasteiger partial charge in [-0.15, -0.1) is 11.3 Å². The molecule has 3 aromatic heterocycles. The zero-order valence-corrected chi connectivity index (χ0v) is 15.0. The highest BCUT2D eigenvalue weighted by atomic mass is 79.9. The number of halogens is 1. The van der Waals surface area contributed by atoms with E-state index in [2.05, 4.69) is 31.2 Å². The van der Waals surface area contributed by atoms with Crippen LogP contribution in [-0.4, -0.2) is 15.9 Å². The molecule has 7 heteroatoms. The minimum absolute atomic E-state index is 0.282. The van der Waals surface area contributed by atoms with Gasteiger partial charge in [-0.05, 0) is 58.6 Å². The van der Waals surface area contributed by atoms with Crippen molar-refractivity contribution < 1.29 is 9.21 Å². The molecule has 0 saturated carbocycles. The molecule has 0 bridgehead atoms. The Morgan fingerprint density at radius 1 is 1.33 bits per heavy atom. The molecule has 1 amide bonds. The van der Waals surface area contributed by atoms with Gasteiger partial charge in [0.2, 0.25) is 0 Å². The number of thiophene rings is 1. The van der Waals surface area contributed by atoms with Gasteiger partial charge in [-0.25, -0.2) is 4.98 Å². The first kappa shape index (κ1) is 15.2. The van der Waals surface area contributed by atoms with Crippen LogP contribution in [0.2, 0.25) is 0 Å². The maximum Gasteiger partial charge on any atom is 0.291 e. The summed E-state index contributed by atoms with van der Waals surface area (Å²) in [7, 11) is 0. The second-order valence-corrected chi connectivity index (χ2v) is 7.04. The lowest BCUT2D eigenvalue weighted by Gasteiger charge is -2.03. The summed E-state index contributed by atoms with van der Waals surface area (Å²) in [5, 5.41) is 4.86. The minimum Gasteiger partial charge on any atom is -0.444 e. The van der Waals surface area contributed by atoms with Crippen LogP contribution in [0.25, 0.3) is 21.7 Å². The summed E-state index contributed by atoms with van der Waals surface area (Å²) in [6.07, 6.45) is 0. The molecule has 0 radical (unpaired) electrons. The van der Waals surface area contributed by atoms with Crippen molar-refractivity contribution in [2.24, 2.45) is 0 Å². The largest absolute Gasteiger partial charge is 0.444 e. The van der Waals surface area contributed by atoms with Crippen LogP contribution >= 0.6 is 27.3 Å². The number of anilines is 1. The fraction of sp³-hybridized carbons (Fsp3) is 0.0588. The van der Waals surface area contributed by atoms with E-state index in [9.17, 15) is 4.79 Å². The number of benzene rings is 1. The molecule has 120 valence electrons. The van der Waals surface area contributed by atoms with Gasteiger partial charge in [-0.2, -0.15) is 0 Å². The van der Waals surface area contributed by atoms with Crippen LogP contribution in [0.1, 0.15) is 16.1 Å². The first-order chi connectivity index (χ1) is 11.6. The van der Waals surface area contributed by atoms with Crippen LogP contribution < -0.4 is 5.32 Å². The number of amides is 1. The lowest BCUT2D eigenvalue weighted by molar-refractivity contribution is 0.0994. The van der Waals surface area contributed by atoms with Crippen molar-refractivity contribution in [2.75, 3.05) is 5.32 Å². The Kier molecular flexibility index (Phi) is 3.74. The molecule has 0 saturated heterocycles. The third kappa shape index (κ3) is 2.76. The van der Waals surface area contributed by atoms with Gasteiger partial charge < -0.3 is 14.7 Å². The van der Waals surface area contributed by atoms with Crippen LogP contribution in [-0.2, 0) is 0 Å². The topological polar surface area (TPSA) is 70.9 Å². The number of imidazole rings is 1. The SMILES string of the molecule is Cc1cc(Br)oc1C(=O)Nc1ccc2nc(-c3cccs3)[nH]c2c1. The number of rotatable bonds is 3. The molecule has 5 nitrogen and oxygen atoms in total. The van der Waals surface area contributed by atoms with Crippen molar-refractivity contribution in [1.29, 1.82) is 0 Å². The standard InChI is InChI=1S/C17H12BrN3O2S/c1-9-7-14(18)23-15(9)17(22)19-10-4-5-11-12(8-10)21-16(20-11)13-3-2-6-24-13/h2-8H,1H3,(H,19,22)(H,20,21). The van der Waals surface area contributed by atoms with Crippen molar-refractivity contribution in [3.8, 4) is 10.7 Å². The van der Waals surface area contributed by atoms with Crippen molar-refractivity contribution in [1.82, 2.24) is 9.97 Å². The fourth-order valence-electron chi connectivity index (χ4n) is 2.47. The van der Waals surface area contributed by atoms with Gasteiger partial charge >= 0.3 is 0 Å². The van der Waals surface area contributed by atoms with Crippen molar-refractivity contribution >= 4 is 49.9 Å². The second-order valence-electron chi connectivity index (χ2n) is 5.31. The Morgan fingerprint density at radius 2 is 2.21 bits per heavy atom. The van der Waals surface area contributed by atoms with E-state index < -0.39 is 0 Å². The van der Waals surface area contributed by atoms with E-state index in [1.54, 1.807) is 17.4 Å². The number of aryl methyl sites for hydroxylation is 1. The van der Waals surface area contributed by atoms with E-state index in [0.29, 0.717) is 16.1 Å². The smallest absolute Gasteiger partial charge is 0.291 e. The Bertz CT molecular complexity index is 1030. The van der Waals surface area contributed by atoms with E-state index in [-0.39, 0.29) is 5.91 Å². The van der Waals surface area contributed by atoms with Gasteiger partial charge in [-0.3, -0.25) is 4.79 Å². The number of carbonyl (C=O) groups is 1. The van der Waals surface area contributed by atoms with Crippen molar-refractivity contribution in [3.63, 3.8) is 0 Å². The van der Waals surface area contributed by atoms with E-state index in [1.165, 1.54) is 0 Å². The Morgan fingerprint density at radius 3 is 2.92 bits per heavy atom. The Balaban J connectivity index is 1.63. The van der Waals surface area contributed by atoms with Crippen molar-refractivity contribution in [2.45, 2.75) is 6.92 Å². The van der Waals surface area contributed by atoms with E-state index in [1.807, 2.05) is 42.6 Å². The van der Waals surface area contributed by atoms with Gasteiger partial charge in [0.15, 0.2) is 10.4 Å². The molecule has 4 aromatic rings. The maximum absolute atomic E-state index is 12.3. The molecule has 0 aliphatic heterocycles. The predicted molar refractivity (Wildman–Crippen MR) is 98.5 cm³/mol. The zero-order valence-electron chi connectivity index (χ0n) is 12.6. The van der Waals surface area contributed by atoms with Gasteiger partial charge in [0.05, 0.1) is 15.9 Å². The van der Waals surface area contributed by atoms with Crippen LogP contribution in [0.4, 0.5) is 5.69 Å². The van der Waals surface area contributed by atoms with Crippen LogP contribution in [0.5, 0.6) is 0 Å². The summed E-state index contributed by atoms with van der Waals surface area (Å²) in [6.45, 7) is 1.83. The summed E-state index contributed by atoms with van der Waals surface area (Å²) >= 11 is 4.86. The molecular weight excluding hydrogens is 390 g/mol. The van der Waals surface area contributed by atoms with Gasteiger partial charge in [0, 0.05) is 11.3 Å². The molecule has 0 aliphatic rings. The summed E-state index contributed by atoms with van der Waals surface area (Å²) in [6, 6.07) is 11.3. The number of nitrogens with one attached hydrogen (secondary N) is 2. The molecule has 0 fully saturated rings. The lowest BCUT2D eigenvalue weighted by Crippen LogP contribution is -2.11. The first-order valence-corrected chi connectivity index (χ1v) is 8.88. The molecule has 3 heterocycles. The van der Waals surface area contributed by atoms with Crippen LogP contribution in [0, 0.1) is 6.92 Å². The monoisotopic (exact) mass is 401 g/mol. The van der Waals surface area contributed by atoms with Crippen molar-refractivity contribution in [3.05, 3.63) is 57.8 Å². The number of carbonyl (C=O) groups excluding carboxylic acids is 1. The van der Waals surface area contributed by atoms with E-state index >= 15 is 0 Å². The Hall–Kier alpha value is -2.38. The van der Waals surface area contributed by atoms with E-state index in [4.69, 9.17) is 4.42 Å². The molecule has 0 atom stereocenters. The third-order valence-electron chi connectivity index (χ3n) is 3.59.